The van der Waals surface area contributed by atoms with Crippen LogP contribution in [0.4, 0.5) is 11.8 Å². The first-order chi connectivity index (χ1) is 9.81. The van der Waals surface area contributed by atoms with E-state index >= 15 is 0 Å². The molecule has 1 aliphatic rings. The maximum atomic E-state index is 5.29. The lowest BCUT2D eigenvalue weighted by molar-refractivity contribution is 0.436. The minimum atomic E-state index is 0.605. The van der Waals surface area contributed by atoms with E-state index in [1.165, 1.54) is 12.8 Å². The van der Waals surface area contributed by atoms with Gasteiger partial charge in [-0.25, -0.2) is 4.98 Å². The van der Waals surface area contributed by atoms with Crippen LogP contribution in [-0.4, -0.2) is 23.1 Å². The number of piperidine rings is 1. The van der Waals surface area contributed by atoms with Crippen molar-refractivity contribution in [2.45, 2.75) is 26.3 Å². The van der Waals surface area contributed by atoms with Gasteiger partial charge in [0.15, 0.2) is 0 Å². The second-order valence-corrected chi connectivity index (χ2v) is 5.34. The molecule has 3 heterocycles. The van der Waals surface area contributed by atoms with Gasteiger partial charge in [0.1, 0.15) is 11.6 Å². The van der Waals surface area contributed by atoms with Crippen LogP contribution in [0.15, 0.2) is 35.1 Å². The fourth-order valence-corrected chi connectivity index (χ4v) is 2.43. The van der Waals surface area contributed by atoms with Gasteiger partial charge >= 0.3 is 0 Å². The molecule has 0 atom stereocenters. The Hall–Kier alpha value is -2.04. The zero-order chi connectivity index (χ0) is 13.8. The maximum Gasteiger partial charge on any atom is 0.224 e. The van der Waals surface area contributed by atoms with E-state index in [4.69, 9.17) is 4.42 Å². The van der Waals surface area contributed by atoms with Crippen LogP contribution in [0.25, 0.3) is 0 Å². The molecule has 1 aliphatic heterocycles. The Labute approximate surface area is 119 Å². The molecule has 1 saturated heterocycles. The minimum absolute atomic E-state index is 0.605. The summed E-state index contributed by atoms with van der Waals surface area (Å²) in [5, 5.41) is 3.19. The topological polar surface area (TPSA) is 54.2 Å². The summed E-state index contributed by atoms with van der Waals surface area (Å²) >= 11 is 0. The molecule has 5 nitrogen and oxygen atoms in total. The van der Waals surface area contributed by atoms with E-state index in [2.05, 4.69) is 27.1 Å². The van der Waals surface area contributed by atoms with Crippen molar-refractivity contribution in [3.05, 3.63) is 36.4 Å². The van der Waals surface area contributed by atoms with Gasteiger partial charge in [-0.3, -0.25) is 0 Å². The molecule has 0 aliphatic carbocycles. The summed E-state index contributed by atoms with van der Waals surface area (Å²) in [5.74, 6) is 3.36. The zero-order valence-corrected chi connectivity index (χ0v) is 11.7. The summed E-state index contributed by atoms with van der Waals surface area (Å²) in [6, 6.07) is 5.79. The summed E-state index contributed by atoms with van der Waals surface area (Å²) < 4.78 is 5.29. The molecule has 2 aromatic heterocycles. The van der Waals surface area contributed by atoms with Gasteiger partial charge in [0, 0.05) is 19.3 Å². The van der Waals surface area contributed by atoms with E-state index in [0.717, 1.165) is 30.6 Å². The van der Waals surface area contributed by atoms with Crippen LogP contribution in [0.2, 0.25) is 0 Å². The average Bonchev–Trinajstić information content (AvgIpc) is 3.00. The summed E-state index contributed by atoms with van der Waals surface area (Å²) in [6.45, 7) is 5.08. The summed E-state index contributed by atoms with van der Waals surface area (Å²) in [5.41, 5.74) is 0. The first-order valence-electron chi connectivity index (χ1n) is 7.15. The van der Waals surface area contributed by atoms with E-state index in [0.29, 0.717) is 12.5 Å². The largest absolute Gasteiger partial charge is 0.467 e. The van der Waals surface area contributed by atoms with Crippen LogP contribution in [-0.2, 0) is 6.54 Å². The predicted molar refractivity (Wildman–Crippen MR) is 78.7 cm³/mol. The Balaban J connectivity index is 1.63. The number of aromatic nitrogens is 2. The van der Waals surface area contributed by atoms with Crippen molar-refractivity contribution in [2.75, 3.05) is 23.3 Å². The van der Waals surface area contributed by atoms with E-state index < -0.39 is 0 Å². The van der Waals surface area contributed by atoms with Gasteiger partial charge in [0.2, 0.25) is 5.95 Å². The van der Waals surface area contributed by atoms with E-state index in [-0.39, 0.29) is 0 Å². The number of nitrogens with one attached hydrogen (secondary N) is 1. The van der Waals surface area contributed by atoms with Gasteiger partial charge in [-0.2, -0.15) is 4.98 Å². The lowest BCUT2D eigenvalue weighted by Crippen LogP contribution is -2.33. The monoisotopic (exact) mass is 272 g/mol. The van der Waals surface area contributed by atoms with Crippen LogP contribution in [0.5, 0.6) is 0 Å². The smallest absolute Gasteiger partial charge is 0.224 e. The first-order valence-corrected chi connectivity index (χ1v) is 7.15. The van der Waals surface area contributed by atoms with E-state index in [1.807, 2.05) is 24.4 Å². The molecule has 1 N–H and O–H groups in total. The molecule has 3 rings (SSSR count). The highest BCUT2D eigenvalue weighted by molar-refractivity contribution is 5.42. The molecule has 0 aromatic carbocycles. The van der Waals surface area contributed by atoms with Gasteiger partial charge in [0.05, 0.1) is 12.8 Å². The third-order valence-corrected chi connectivity index (χ3v) is 3.75. The first kappa shape index (κ1) is 13.0. The van der Waals surface area contributed by atoms with Crippen molar-refractivity contribution in [3.63, 3.8) is 0 Å². The van der Waals surface area contributed by atoms with Crippen molar-refractivity contribution in [3.8, 4) is 0 Å². The van der Waals surface area contributed by atoms with E-state index in [9.17, 15) is 0 Å². The molecular weight excluding hydrogens is 252 g/mol. The average molecular weight is 272 g/mol. The fraction of sp³-hybridized carbons (Fsp3) is 0.467. The molecule has 0 saturated carbocycles. The second-order valence-electron chi connectivity index (χ2n) is 5.34. The molecule has 0 unspecified atom stereocenters. The standard InChI is InChI=1S/C15H20N4O/c1-12-5-8-19(9-6-12)14-4-7-16-15(18-14)17-11-13-3-2-10-20-13/h2-4,7,10,12H,5-6,8-9,11H2,1H3,(H,16,17,18). The van der Waals surface area contributed by atoms with Crippen LogP contribution in [0.1, 0.15) is 25.5 Å². The Kier molecular flexibility index (Phi) is 3.85. The Morgan fingerprint density at radius 3 is 2.95 bits per heavy atom. The Bertz CT molecular complexity index is 533. The normalized spacial score (nSPS) is 16.4. The van der Waals surface area contributed by atoms with Crippen LogP contribution in [0.3, 0.4) is 0 Å². The highest BCUT2D eigenvalue weighted by Gasteiger charge is 2.17. The second kappa shape index (κ2) is 5.94. The molecule has 0 bridgehead atoms. The van der Waals surface area contributed by atoms with Crippen LogP contribution < -0.4 is 10.2 Å². The Morgan fingerprint density at radius 1 is 1.35 bits per heavy atom. The quantitative estimate of drug-likeness (QED) is 0.927. The molecule has 0 spiro atoms. The SMILES string of the molecule is CC1CCN(c2ccnc(NCc3ccco3)n2)CC1. The van der Waals surface area contributed by atoms with Crippen LogP contribution >= 0.6 is 0 Å². The molecule has 20 heavy (non-hydrogen) atoms. The molecule has 5 heteroatoms. The lowest BCUT2D eigenvalue weighted by Gasteiger charge is -2.31. The highest BCUT2D eigenvalue weighted by atomic mass is 16.3. The van der Waals surface area contributed by atoms with Crippen molar-refractivity contribution < 1.29 is 4.42 Å². The third kappa shape index (κ3) is 3.10. The van der Waals surface area contributed by atoms with Gasteiger partial charge in [0.25, 0.3) is 0 Å². The summed E-state index contributed by atoms with van der Waals surface area (Å²) in [7, 11) is 0. The van der Waals surface area contributed by atoms with Gasteiger partial charge < -0.3 is 14.6 Å². The molecule has 106 valence electrons. The summed E-state index contributed by atoms with van der Waals surface area (Å²) in [6.07, 6.45) is 5.95. The molecule has 0 amide bonds. The molecule has 1 fully saturated rings. The Morgan fingerprint density at radius 2 is 2.20 bits per heavy atom. The minimum Gasteiger partial charge on any atom is -0.467 e. The zero-order valence-electron chi connectivity index (χ0n) is 11.7. The van der Waals surface area contributed by atoms with E-state index in [1.54, 1.807) is 6.26 Å². The number of rotatable bonds is 4. The lowest BCUT2D eigenvalue weighted by atomic mass is 9.99. The predicted octanol–water partition coefficient (Wildman–Crippen LogP) is 2.92. The van der Waals surface area contributed by atoms with Crippen molar-refractivity contribution in [1.82, 2.24) is 9.97 Å². The highest BCUT2D eigenvalue weighted by Crippen LogP contribution is 2.21. The molecule has 0 radical (unpaired) electrons. The third-order valence-electron chi connectivity index (χ3n) is 3.75. The molecule has 2 aromatic rings. The van der Waals surface area contributed by atoms with Crippen molar-refractivity contribution in [1.29, 1.82) is 0 Å². The van der Waals surface area contributed by atoms with Gasteiger partial charge in [-0.05, 0) is 37.0 Å². The fourth-order valence-electron chi connectivity index (χ4n) is 2.43. The van der Waals surface area contributed by atoms with Crippen molar-refractivity contribution in [2.24, 2.45) is 5.92 Å². The van der Waals surface area contributed by atoms with Crippen LogP contribution in [0, 0.1) is 5.92 Å². The number of anilines is 2. The number of hydrogen-bond acceptors (Lipinski definition) is 5. The summed E-state index contributed by atoms with van der Waals surface area (Å²) in [4.78, 5) is 11.2. The van der Waals surface area contributed by atoms with Crippen molar-refractivity contribution >= 4 is 11.8 Å². The number of hydrogen-bond donors (Lipinski definition) is 1. The maximum absolute atomic E-state index is 5.29. The number of furan rings is 1. The number of nitrogens with zero attached hydrogens (tertiary/aromatic N) is 3. The molecular formula is C15H20N4O. The van der Waals surface area contributed by atoms with Gasteiger partial charge in [-0.1, -0.05) is 6.92 Å². The van der Waals surface area contributed by atoms with Gasteiger partial charge in [-0.15, -0.1) is 0 Å².